The molecule has 0 aliphatic heterocycles. The van der Waals surface area contributed by atoms with Gasteiger partial charge in [0.1, 0.15) is 13.2 Å². The molecule has 0 radical (unpaired) electrons. The summed E-state index contributed by atoms with van der Waals surface area (Å²) in [5, 5.41) is 45.2. The van der Waals surface area contributed by atoms with Crippen LogP contribution in [0.5, 0.6) is 46.0 Å². The second-order valence-corrected chi connectivity index (χ2v) is 20.8. The van der Waals surface area contributed by atoms with Gasteiger partial charge in [-0.25, -0.2) is 9.59 Å². The molecule has 91 heavy (non-hydrogen) atoms. The third-order valence-electron chi connectivity index (χ3n) is 15.2. The summed E-state index contributed by atoms with van der Waals surface area (Å²) in [6.45, 7) is 6.78. The molecule has 0 saturated carbocycles. The maximum Gasteiger partial charge on any atom is 0.421 e. The van der Waals surface area contributed by atoms with E-state index in [1.807, 2.05) is 66.1 Å². The first-order chi connectivity index (χ1) is 43.1. The van der Waals surface area contributed by atoms with Gasteiger partial charge in [-0.05, 0) is 150 Å². The van der Waals surface area contributed by atoms with Crippen LogP contribution in [-0.2, 0) is 49.2 Å². The van der Waals surface area contributed by atoms with Crippen LogP contribution < -0.4 is 48.5 Å². The summed E-state index contributed by atoms with van der Waals surface area (Å²) in [7, 11) is 12.6. The normalized spacial score (nSPS) is 13.5. The van der Waals surface area contributed by atoms with E-state index in [0.717, 1.165) is 24.0 Å². The van der Waals surface area contributed by atoms with Crippen LogP contribution >= 0.6 is 0 Å². The molecule has 0 heterocycles. The minimum Gasteiger partial charge on any atom is -0.493 e. The lowest BCUT2D eigenvalue weighted by atomic mass is 9.74. The molecule has 4 aromatic rings. The largest absolute Gasteiger partial charge is 0.493 e. The molecule has 29 heteroatoms. The van der Waals surface area contributed by atoms with Crippen molar-refractivity contribution < 1.29 is 91.9 Å². The van der Waals surface area contributed by atoms with Crippen molar-refractivity contribution in [3.63, 3.8) is 0 Å². The minimum atomic E-state index is -2.32. The van der Waals surface area contributed by atoms with Crippen LogP contribution in [0, 0.1) is 42.9 Å². The standard InChI is InChI=1S/C62H82N8O20.H2O/c1-13-25-61(39-63,45-19-23-47(79-7)53(37-45)83-11)27-15-31-67(5)41(3)43-17-21-49(51(35-43)81-9)87-59(55(71)65-29-33-85-69(75)76)89-57(73)58(74)90-60(56(72)66-30-34-86-70(77)78)88-50-22-18-44(36-52(50)82-10)42(4)68(6)32-16-28-62(40-64,26-14-2)46-20-24-48(80-8)54(38-46)84-12;/h17-24,35-38,41-42,59-60H,13-16,25-34H2,1-12H3,(H,65,71)(H,66,72);1H2. The second-order valence-electron chi connectivity index (χ2n) is 20.8. The summed E-state index contributed by atoms with van der Waals surface area (Å²) in [5.41, 5.74) is 1.47. The Kier molecular flexibility index (Phi) is 31.1. The summed E-state index contributed by atoms with van der Waals surface area (Å²) in [6.07, 6.45) is 0.441. The Morgan fingerprint density at radius 1 is 0.527 bits per heavy atom. The van der Waals surface area contributed by atoms with Crippen molar-refractivity contribution in [3.05, 3.63) is 115 Å². The van der Waals surface area contributed by atoms with Gasteiger partial charge in [-0.3, -0.25) is 19.4 Å². The maximum atomic E-state index is 13.7. The number of nitrogens with one attached hydrogen (secondary N) is 2. The molecule has 498 valence electrons. The average molecular weight is 1280 g/mol. The Hall–Kier alpha value is -9.58. The molecule has 0 saturated heterocycles. The van der Waals surface area contributed by atoms with Crippen LogP contribution in [0.15, 0.2) is 72.8 Å². The summed E-state index contributed by atoms with van der Waals surface area (Å²) < 4.78 is 55.4. The molecule has 0 bridgehead atoms. The molecule has 0 spiro atoms. The van der Waals surface area contributed by atoms with Crippen LogP contribution in [0.2, 0.25) is 0 Å². The summed E-state index contributed by atoms with van der Waals surface area (Å²) in [5.74, 6) is -4.34. The number of hydrogen-bond donors (Lipinski definition) is 2. The molecule has 0 aromatic heterocycles. The number of nitriles is 2. The molecule has 2 amide bonds. The van der Waals surface area contributed by atoms with Gasteiger partial charge in [0, 0.05) is 25.2 Å². The van der Waals surface area contributed by atoms with Crippen molar-refractivity contribution in [3.8, 4) is 58.1 Å². The van der Waals surface area contributed by atoms with Gasteiger partial charge in [-0.1, -0.05) is 51.0 Å². The first-order valence-corrected chi connectivity index (χ1v) is 29.0. The van der Waals surface area contributed by atoms with Crippen LogP contribution in [0.3, 0.4) is 0 Å². The predicted octanol–water partition coefficient (Wildman–Crippen LogP) is 6.83. The van der Waals surface area contributed by atoms with E-state index >= 15 is 0 Å². The van der Waals surface area contributed by atoms with E-state index in [1.54, 1.807) is 64.8 Å². The van der Waals surface area contributed by atoms with E-state index in [2.05, 4.69) is 42.2 Å². The number of nitrogens with zero attached hydrogens (tertiary/aromatic N) is 6. The lowest BCUT2D eigenvalue weighted by molar-refractivity contribution is -0.757. The van der Waals surface area contributed by atoms with E-state index in [4.69, 9.17) is 47.4 Å². The number of rotatable bonds is 40. The lowest BCUT2D eigenvalue weighted by Crippen LogP contribution is -2.46. The third-order valence-corrected chi connectivity index (χ3v) is 15.2. The number of hydrogen-bond acceptors (Lipinski definition) is 24. The van der Waals surface area contributed by atoms with Crippen LogP contribution in [0.25, 0.3) is 0 Å². The number of carbonyl (C=O) groups is 4. The lowest BCUT2D eigenvalue weighted by Gasteiger charge is -2.30. The van der Waals surface area contributed by atoms with Gasteiger partial charge < -0.3 is 73.2 Å². The van der Waals surface area contributed by atoms with Crippen molar-refractivity contribution in [1.82, 2.24) is 20.4 Å². The summed E-state index contributed by atoms with van der Waals surface area (Å²) >= 11 is 0. The smallest absolute Gasteiger partial charge is 0.421 e. The predicted molar refractivity (Wildman–Crippen MR) is 327 cm³/mol. The molecule has 4 rings (SSSR count). The Morgan fingerprint density at radius 3 is 1.16 bits per heavy atom. The SMILES string of the molecule is CCCC(C#N)(CCCN(C)C(C)c1ccc(OC(OC(=O)C(=O)OC(Oc2ccc(C(C)N(C)CCCC(C#N)(CCC)c3ccc(OC)c(OC)c3)cc2OC)C(=O)NCCO[N+](=O)[O-])C(=O)NCCO[N+](=O)[O-])c(OC)c1)c1ccc(OC)c(OC)c1.O. The number of methoxy groups -OCH3 is 6. The number of benzene rings is 4. The molecular weight excluding hydrogens is 1190 g/mol. The zero-order valence-corrected chi connectivity index (χ0v) is 53.5. The van der Waals surface area contributed by atoms with Crippen LogP contribution in [-0.4, -0.2) is 158 Å². The molecule has 0 aliphatic carbocycles. The molecule has 29 nitrogen and oxygen atoms in total. The number of esters is 2. The van der Waals surface area contributed by atoms with Gasteiger partial charge in [0.2, 0.25) is 0 Å². The summed E-state index contributed by atoms with van der Waals surface area (Å²) in [6, 6.07) is 25.0. The first kappa shape index (κ1) is 75.7. The van der Waals surface area contributed by atoms with Gasteiger partial charge in [0.25, 0.3) is 10.2 Å². The van der Waals surface area contributed by atoms with Crippen molar-refractivity contribution in [2.45, 2.75) is 115 Å². The fourth-order valence-electron chi connectivity index (χ4n) is 10.1. The highest BCUT2D eigenvalue weighted by atomic mass is 17.0. The van der Waals surface area contributed by atoms with Gasteiger partial charge in [-0.2, -0.15) is 10.5 Å². The molecule has 4 aromatic carbocycles. The highest BCUT2D eigenvalue weighted by Crippen LogP contribution is 2.42. The third kappa shape index (κ3) is 21.3. The van der Waals surface area contributed by atoms with Crippen LogP contribution in [0.4, 0.5) is 0 Å². The Morgan fingerprint density at radius 2 is 0.857 bits per heavy atom. The van der Waals surface area contributed by atoms with Crippen molar-refractivity contribution >= 4 is 23.8 Å². The van der Waals surface area contributed by atoms with Gasteiger partial charge in [0.05, 0.1) is 65.6 Å². The first-order valence-electron chi connectivity index (χ1n) is 29.0. The van der Waals surface area contributed by atoms with Crippen LogP contribution in [0.1, 0.15) is 113 Å². The molecule has 6 atom stereocenters. The number of carbonyl (C=O) groups excluding carboxylic acids is 4. The van der Waals surface area contributed by atoms with E-state index in [9.17, 15) is 49.9 Å². The average Bonchev–Trinajstić information content (AvgIpc) is 1.19. The molecule has 0 aliphatic rings. The van der Waals surface area contributed by atoms with E-state index in [-0.39, 0.29) is 40.6 Å². The Labute approximate surface area is 529 Å². The van der Waals surface area contributed by atoms with Gasteiger partial charge in [-0.15, -0.1) is 20.2 Å². The zero-order valence-electron chi connectivity index (χ0n) is 53.5. The summed E-state index contributed by atoms with van der Waals surface area (Å²) in [4.78, 5) is 88.9. The minimum absolute atomic E-state index is 0. The molecule has 4 N–H and O–H groups in total. The topological polar surface area (TPSA) is 375 Å². The van der Waals surface area contributed by atoms with E-state index < -0.39 is 83.6 Å². The Balaban J connectivity index is 0.0000216. The fourth-order valence-corrected chi connectivity index (χ4v) is 10.1. The van der Waals surface area contributed by atoms with Gasteiger partial charge in [0.15, 0.2) is 46.0 Å². The zero-order chi connectivity index (χ0) is 66.6. The number of ether oxygens (including phenoxy) is 10. The molecule has 0 fully saturated rings. The maximum absolute atomic E-state index is 13.7. The monoisotopic (exact) mass is 1280 g/mol. The fraction of sp³-hybridized carbons (Fsp3) is 0.516. The van der Waals surface area contributed by atoms with E-state index in [1.165, 1.54) is 26.4 Å². The second kappa shape index (κ2) is 37.4. The highest BCUT2D eigenvalue weighted by molar-refractivity contribution is 6.30. The highest BCUT2D eigenvalue weighted by Gasteiger charge is 2.37. The molecular formula is C62H84N8O21. The van der Waals surface area contributed by atoms with Crippen molar-refractivity contribution in [2.75, 3.05) is 96.1 Å². The van der Waals surface area contributed by atoms with Crippen molar-refractivity contribution in [2.24, 2.45) is 0 Å². The van der Waals surface area contributed by atoms with E-state index in [0.29, 0.717) is 85.7 Å². The quantitative estimate of drug-likeness (QED) is 0.0115. The number of amides is 2. The van der Waals surface area contributed by atoms with Crippen molar-refractivity contribution in [1.29, 1.82) is 10.5 Å². The Bertz CT molecular complexity index is 2940. The van der Waals surface area contributed by atoms with Gasteiger partial charge >= 0.3 is 36.3 Å². The molecule has 6 unspecified atom stereocenters.